The first kappa shape index (κ1) is 12.9. The van der Waals surface area contributed by atoms with Crippen molar-refractivity contribution in [2.24, 2.45) is 22.7 Å². The van der Waals surface area contributed by atoms with Gasteiger partial charge in [0, 0.05) is 6.54 Å². The SMILES string of the molecule is CC1CCNC1C(=O)NCC1C(C)(C)C1(C)C. The average molecular weight is 238 g/mol. The van der Waals surface area contributed by atoms with Crippen LogP contribution in [0.3, 0.4) is 0 Å². The van der Waals surface area contributed by atoms with E-state index in [0.29, 0.717) is 22.7 Å². The number of nitrogens with one attached hydrogen (secondary N) is 2. The lowest BCUT2D eigenvalue weighted by molar-refractivity contribution is -0.123. The molecule has 17 heavy (non-hydrogen) atoms. The maximum atomic E-state index is 12.0. The summed E-state index contributed by atoms with van der Waals surface area (Å²) in [6.07, 6.45) is 1.11. The highest BCUT2D eigenvalue weighted by molar-refractivity contribution is 5.82. The van der Waals surface area contributed by atoms with Crippen LogP contribution in [0.4, 0.5) is 0 Å². The Labute approximate surface area is 105 Å². The molecule has 2 fully saturated rings. The summed E-state index contributed by atoms with van der Waals surface area (Å²) >= 11 is 0. The Balaban J connectivity index is 1.82. The minimum absolute atomic E-state index is 0.0278. The molecule has 2 unspecified atom stereocenters. The maximum absolute atomic E-state index is 12.0. The average Bonchev–Trinajstić information content (AvgIpc) is 2.55. The molecular formula is C14H26N2O. The van der Waals surface area contributed by atoms with E-state index in [1.807, 2.05) is 0 Å². The molecule has 0 radical (unpaired) electrons. The number of carbonyl (C=O) groups excluding carboxylic acids is 1. The molecule has 0 aromatic heterocycles. The molecule has 3 heteroatoms. The van der Waals surface area contributed by atoms with Crippen molar-refractivity contribution < 1.29 is 4.79 Å². The smallest absolute Gasteiger partial charge is 0.237 e. The summed E-state index contributed by atoms with van der Waals surface area (Å²) in [5, 5.41) is 6.41. The third-order valence-electron chi connectivity index (χ3n) is 5.62. The highest BCUT2D eigenvalue weighted by Crippen LogP contribution is 2.67. The first-order valence-electron chi connectivity index (χ1n) is 6.79. The Bertz CT molecular complexity index is 308. The summed E-state index contributed by atoms with van der Waals surface area (Å²) in [5.41, 5.74) is 0.712. The van der Waals surface area contributed by atoms with E-state index < -0.39 is 0 Å². The van der Waals surface area contributed by atoms with Crippen LogP contribution in [-0.4, -0.2) is 25.0 Å². The van der Waals surface area contributed by atoms with Crippen LogP contribution in [0.1, 0.15) is 41.0 Å². The standard InChI is InChI=1S/C14H26N2O/c1-9-6-7-15-11(9)12(17)16-8-10-13(2,3)14(10,4)5/h9-11,15H,6-8H2,1-5H3,(H,16,17). The molecule has 0 aromatic carbocycles. The highest BCUT2D eigenvalue weighted by atomic mass is 16.2. The van der Waals surface area contributed by atoms with Crippen LogP contribution in [0, 0.1) is 22.7 Å². The molecule has 1 amide bonds. The third kappa shape index (κ3) is 1.99. The van der Waals surface area contributed by atoms with Gasteiger partial charge in [0.2, 0.25) is 5.91 Å². The molecule has 2 rings (SSSR count). The Morgan fingerprint density at radius 1 is 1.29 bits per heavy atom. The van der Waals surface area contributed by atoms with Gasteiger partial charge in [-0.2, -0.15) is 0 Å². The fourth-order valence-electron chi connectivity index (χ4n) is 3.34. The molecule has 0 spiro atoms. The van der Waals surface area contributed by atoms with Crippen molar-refractivity contribution in [3.8, 4) is 0 Å². The van der Waals surface area contributed by atoms with Gasteiger partial charge in [0.25, 0.3) is 0 Å². The predicted octanol–water partition coefficient (Wildman–Crippen LogP) is 1.78. The van der Waals surface area contributed by atoms with E-state index in [1.165, 1.54) is 0 Å². The first-order valence-corrected chi connectivity index (χ1v) is 6.79. The molecule has 2 aliphatic rings. The van der Waals surface area contributed by atoms with Crippen molar-refractivity contribution in [3.05, 3.63) is 0 Å². The van der Waals surface area contributed by atoms with Gasteiger partial charge in [0.1, 0.15) is 0 Å². The van der Waals surface area contributed by atoms with Gasteiger partial charge in [-0.1, -0.05) is 34.6 Å². The van der Waals surface area contributed by atoms with Gasteiger partial charge in [-0.3, -0.25) is 4.79 Å². The van der Waals surface area contributed by atoms with Gasteiger partial charge >= 0.3 is 0 Å². The van der Waals surface area contributed by atoms with Crippen LogP contribution in [0.2, 0.25) is 0 Å². The number of hydrogen-bond donors (Lipinski definition) is 2. The summed E-state index contributed by atoms with van der Waals surface area (Å²) in [7, 11) is 0. The summed E-state index contributed by atoms with van der Waals surface area (Å²) in [5.74, 6) is 1.26. The van der Waals surface area contributed by atoms with Gasteiger partial charge in [0.05, 0.1) is 6.04 Å². The second-order valence-electron chi connectivity index (χ2n) is 6.94. The molecule has 0 aromatic rings. The van der Waals surface area contributed by atoms with Crippen LogP contribution in [0.25, 0.3) is 0 Å². The normalized spacial score (nSPS) is 34.6. The van der Waals surface area contributed by atoms with Crippen molar-refractivity contribution in [3.63, 3.8) is 0 Å². The Morgan fingerprint density at radius 2 is 1.88 bits per heavy atom. The zero-order valence-electron chi connectivity index (χ0n) is 11.8. The minimum Gasteiger partial charge on any atom is -0.354 e. The van der Waals surface area contributed by atoms with E-state index >= 15 is 0 Å². The van der Waals surface area contributed by atoms with E-state index in [-0.39, 0.29) is 11.9 Å². The zero-order chi connectivity index (χ0) is 12.8. The van der Waals surface area contributed by atoms with Crippen LogP contribution < -0.4 is 10.6 Å². The summed E-state index contributed by atoms with van der Waals surface area (Å²) in [6, 6.07) is 0.0278. The lowest BCUT2D eigenvalue weighted by Crippen LogP contribution is -2.44. The second-order valence-corrected chi connectivity index (χ2v) is 6.94. The van der Waals surface area contributed by atoms with Crippen molar-refractivity contribution in [2.45, 2.75) is 47.1 Å². The predicted molar refractivity (Wildman–Crippen MR) is 69.6 cm³/mol. The number of amides is 1. The molecular weight excluding hydrogens is 212 g/mol. The monoisotopic (exact) mass is 238 g/mol. The molecule has 1 aliphatic heterocycles. The molecule has 1 heterocycles. The van der Waals surface area contributed by atoms with E-state index in [0.717, 1.165) is 19.5 Å². The Hall–Kier alpha value is -0.570. The maximum Gasteiger partial charge on any atom is 0.237 e. The summed E-state index contributed by atoms with van der Waals surface area (Å²) in [6.45, 7) is 13.1. The summed E-state index contributed by atoms with van der Waals surface area (Å²) < 4.78 is 0. The van der Waals surface area contributed by atoms with Crippen molar-refractivity contribution in [1.29, 1.82) is 0 Å². The lowest BCUT2D eigenvalue weighted by atomic mass is 10.0. The van der Waals surface area contributed by atoms with Gasteiger partial charge in [-0.15, -0.1) is 0 Å². The van der Waals surface area contributed by atoms with Gasteiger partial charge in [-0.25, -0.2) is 0 Å². The molecule has 1 saturated heterocycles. The quantitative estimate of drug-likeness (QED) is 0.787. The van der Waals surface area contributed by atoms with Crippen LogP contribution in [-0.2, 0) is 4.79 Å². The summed E-state index contributed by atoms with van der Waals surface area (Å²) in [4.78, 5) is 12.0. The fourth-order valence-corrected chi connectivity index (χ4v) is 3.34. The first-order chi connectivity index (χ1) is 7.78. The molecule has 3 nitrogen and oxygen atoms in total. The Kier molecular flexibility index (Phi) is 3.01. The molecule has 0 bridgehead atoms. The molecule has 2 N–H and O–H groups in total. The van der Waals surface area contributed by atoms with E-state index in [9.17, 15) is 4.79 Å². The molecule has 2 atom stereocenters. The topological polar surface area (TPSA) is 41.1 Å². The lowest BCUT2D eigenvalue weighted by Gasteiger charge is -2.15. The number of hydrogen-bond acceptors (Lipinski definition) is 2. The minimum atomic E-state index is 0.0278. The number of rotatable bonds is 3. The van der Waals surface area contributed by atoms with Crippen molar-refractivity contribution in [1.82, 2.24) is 10.6 Å². The Morgan fingerprint density at radius 3 is 2.29 bits per heavy atom. The van der Waals surface area contributed by atoms with Crippen molar-refractivity contribution >= 4 is 5.91 Å². The third-order valence-corrected chi connectivity index (χ3v) is 5.62. The van der Waals surface area contributed by atoms with E-state index in [4.69, 9.17) is 0 Å². The van der Waals surface area contributed by atoms with E-state index in [2.05, 4.69) is 45.3 Å². The molecule has 98 valence electrons. The van der Waals surface area contributed by atoms with Crippen molar-refractivity contribution in [2.75, 3.05) is 13.1 Å². The molecule has 1 saturated carbocycles. The van der Waals surface area contributed by atoms with Crippen LogP contribution >= 0.6 is 0 Å². The van der Waals surface area contributed by atoms with E-state index in [1.54, 1.807) is 0 Å². The fraction of sp³-hybridized carbons (Fsp3) is 0.929. The highest BCUT2D eigenvalue weighted by Gasteiger charge is 2.64. The number of carbonyl (C=O) groups is 1. The second kappa shape index (κ2) is 3.98. The van der Waals surface area contributed by atoms with Gasteiger partial charge < -0.3 is 10.6 Å². The van der Waals surface area contributed by atoms with Gasteiger partial charge in [-0.05, 0) is 35.6 Å². The van der Waals surface area contributed by atoms with Gasteiger partial charge in [0.15, 0.2) is 0 Å². The zero-order valence-corrected chi connectivity index (χ0v) is 11.8. The van der Waals surface area contributed by atoms with Crippen LogP contribution in [0.15, 0.2) is 0 Å². The largest absolute Gasteiger partial charge is 0.354 e. The molecule has 1 aliphatic carbocycles. The van der Waals surface area contributed by atoms with Crippen LogP contribution in [0.5, 0.6) is 0 Å².